The van der Waals surface area contributed by atoms with Gasteiger partial charge in [0.05, 0.1) is 19.8 Å². The Morgan fingerprint density at radius 2 is 1.89 bits per heavy atom. The highest BCUT2D eigenvalue weighted by Gasteiger charge is 2.23. The highest BCUT2D eigenvalue weighted by atomic mass is 16.5. The van der Waals surface area contributed by atoms with Gasteiger partial charge in [0.1, 0.15) is 0 Å². The predicted molar refractivity (Wildman–Crippen MR) is 107 cm³/mol. The van der Waals surface area contributed by atoms with Gasteiger partial charge in [-0.3, -0.25) is 9.69 Å². The molecule has 1 N–H and O–H groups in total. The molecule has 5 nitrogen and oxygen atoms in total. The summed E-state index contributed by atoms with van der Waals surface area (Å²) in [5.41, 5.74) is 3.33. The zero-order valence-electron chi connectivity index (χ0n) is 16.3. The molecule has 2 aromatic rings. The minimum Gasteiger partial charge on any atom is -0.493 e. The Balaban J connectivity index is 1.66. The Hall–Kier alpha value is -2.53. The summed E-state index contributed by atoms with van der Waals surface area (Å²) in [6.45, 7) is 4.74. The first kappa shape index (κ1) is 19.2. The molecule has 0 bridgehead atoms. The summed E-state index contributed by atoms with van der Waals surface area (Å²) in [6, 6.07) is 14.3. The molecule has 0 spiro atoms. The first-order valence-electron chi connectivity index (χ1n) is 9.48. The van der Waals surface area contributed by atoms with Crippen molar-refractivity contribution in [3.8, 4) is 11.5 Å². The first-order chi connectivity index (χ1) is 13.2. The summed E-state index contributed by atoms with van der Waals surface area (Å²) < 4.78 is 10.7. The third-order valence-corrected chi connectivity index (χ3v) is 5.29. The molecule has 0 radical (unpaired) electrons. The van der Waals surface area contributed by atoms with Gasteiger partial charge in [-0.05, 0) is 36.1 Å². The normalized spacial score (nSPS) is 14.9. The number of para-hydroxylation sites is 1. The lowest BCUT2D eigenvalue weighted by Crippen LogP contribution is -2.45. The van der Waals surface area contributed by atoms with Crippen LogP contribution in [0.2, 0.25) is 0 Å². The lowest BCUT2D eigenvalue weighted by atomic mass is 9.98. The molecule has 1 heterocycles. The summed E-state index contributed by atoms with van der Waals surface area (Å²) in [4.78, 5) is 15.2. The Morgan fingerprint density at radius 3 is 2.59 bits per heavy atom. The van der Waals surface area contributed by atoms with E-state index in [0.717, 1.165) is 25.9 Å². The van der Waals surface area contributed by atoms with E-state index in [1.165, 1.54) is 11.1 Å². The topological polar surface area (TPSA) is 50.8 Å². The van der Waals surface area contributed by atoms with Gasteiger partial charge < -0.3 is 14.8 Å². The second kappa shape index (κ2) is 8.91. The lowest BCUT2D eigenvalue weighted by Gasteiger charge is -2.35. The summed E-state index contributed by atoms with van der Waals surface area (Å²) in [6.07, 6.45) is 2.04. The van der Waals surface area contributed by atoms with Crippen LogP contribution >= 0.6 is 0 Å². The van der Waals surface area contributed by atoms with E-state index in [1.807, 2.05) is 0 Å². The van der Waals surface area contributed by atoms with Crippen molar-refractivity contribution in [3.63, 3.8) is 0 Å². The smallest absolute Gasteiger partial charge is 0.255 e. The van der Waals surface area contributed by atoms with Gasteiger partial charge >= 0.3 is 0 Å². The molecule has 1 aliphatic rings. The van der Waals surface area contributed by atoms with Crippen LogP contribution < -0.4 is 14.8 Å². The Labute approximate surface area is 161 Å². The van der Waals surface area contributed by atoms with Crippen molar-refractivity contribution < 1.29 is 14.3 Å². The number of nitrogens with zero attached hydrogens (tertiary/aromatic N) is 1. The van der Waals surface area contributed by atoms with E-state index in [0.29, 0.717) is 29.6 Å². The van der Waals surface area contributed by atoms with Crippen LogP contribution in [0.1, 0.15) is 34.8 Å². The van der Waals surface area contributed by atoms with Crippen molar-refractivity contribution in [2.24, 2.45) is 0 Å². The maximum absolute atomic E-state index is 12.7. The van der Waals surface area contributed by atoms with E-state index in [4.69, 9.17) is 9.47 Å². The standard InChI is InChI=1S/C22H28N2O3/c1-4-18(24-13-12-16-8-5-6-9-17(16)15-24)14-23-22(25)19-10-7-11-20(26-2)21(19)27-3/h5-11,18H,4,12-15H2,1-3H3,(H,23,25). The zero-order valence-corrected chi connectivity index (χ0v) is 16.3. The molecule has 0 saturated heterocycles. The average molecular weight is 368 g/mol. The predicted octanol–water partition coefficient (Wildman–Crippen LogP) is 3.27. The highest BCUT2D eigenvalue weighted by Crippen LogP contribution is 2.30. The van der Waals surface area contributed by atoms with E-state index >= 15 is 0 Å². The van der Waals surface area contributed by atoms with E-state index in [-0.39, 0.29) is 5.91 Å². The van der Waals surface area contributed by atoms with E-state index in [9.17, 15) is 4.79 Å². The van der Waals surface area contributed by atoms with Crippen LogP contribution in [-0.2, 0) is 13.0 Å². The quantitative estimate of drug-likeness (QED) is 0.815. The highest BCUT2D eigenvalue weighted by molar-refractivity contribution is 5.97. The number of hydrogen-bond acceptors (Lipinski definition) is 4. The van der Waals surface area contributed by atoms with Crippen LogP contribution in [0.3, 0.4) is 0 Å². The van der Waals surface area contributed by atoms with Gasteiger partial charge in [0.25, 0.3) is 5.91 Å². The van der Waals surface area contributed by atoms with Gasteiger partial charge in [-0.25, -0.2) is 0 Å². The van der Waals surface area contributed by atoms with Crippen molar-refractivity contribution in [3.05, 3.63) is 59.2 Å². The summed E-state index contributed by atoms with van der Waals surface area (Å²) in [5, 5.41) is 3.08. The minimum atomic E-state index is -0.137. The molecule has 0 aliphatic carbocycles. The van der Waals surface area contributed by atoms with Crippen LogP contribution in [0.5, 0.6) is 11.5 Å². The van der Waals surface area contributed by atoms with E-state index < -0.39 is 0 Å². The molecule has 3 rings (SSSR count). The van der Waals surface area contributed by atoms with E-state index in [2.05, 4.69) is 41.4 Å². The van der Waals surface area contributed by atoms with Crippen molar-refractivity contribution in [1.82, 2.24) is 10.2 Å². The van der Waals surface area contributed by atoms with Crippen LogP contribution in [0, 0.1) is 0 Å². The van der Waals surface area contributed by atoms with Crippen molar-refractivity contribution in [1.29, 1.82) is 0 Å². The fourth-order valence-corrected chi connectivity index (χ4v) is 3.73. The molecule has 0 saturated carbocycles. The second-order valence-electron chi connectivity index (χ2n) is 6.80. The lowest BCUT2D eigenvalue weighted by molar-refractivity contribution is 0.0922. The number of benzene rings is 2. The number of rotatable bonds is 7. The molecule has 0 fully saturated rings. The number of carbonyl (C=O) groups excluding carboxylic acids is 1. The number of methoxy groups -OCH3 is 2. The summed E-state index contributed by atoms with van der Waals surface area (Å²) in [7, 11) is 3.12. The first-order valence-corrected chi connectivity index (χ1v) is 9.48. The van der Waals surface area contributed by atoms with Gasteiger partial charge in [0.2, 0.25) is 0 Å². The SMILES string of the molecule is CCC(CNC(=O)c1cccc(OC)c1OC)N1CCc2ccccc2C1. The van der Waals surface area contributed by atoms with Crippen LogP contribution in [0.15, 0.2) is 42.5 Å². The second-order valence-corrected chi connectivity index (χ2v) is 6.80. The third kappa shape index (κ3) is 4.25. The average Bonchev–Trinajstić information content (AvgIpc) is 2.73. The Morgan fingerprint density at radius 1 is 1.11 bits per heavy atom. The molecule has 27 heavy (non-hydrogen) atoms. The number of nitrogens with one attached hydrogen (secondary N) is 1. The molecule has 0 aromatic heterocycles. The van der Waals surface area contributed by atoms with E-state index in [1.54, 1.807) is 32.4 Å². The largest absolute Gasteiger partial charge is 0.493 e. The fraction of sp³-hybridized carbons (Fsp3) is 0.409. The maximum Gasteiger partial charge on any atom is 0.255 e. The molecule has 1 amide bonds. The Kier molecular flexibility index (Phi) is 6.35. The molecule has 1 unspecified atom stereocenters. The van der Waals surface area contributed by atoms with Gasteiger partial charge in [0, 0.05) is 25.7 Å². The van der Waals surface area contributed by atoms with Crippen LogP contribution in [0.25, 0.3) is 0 Å². The van der Waals surface area contributed by atoms with Gasteiger partial charge in [-0.15, -0.1) is 0 Å². The third-order valence-electron chi connectivity index (χ3n) is 5.29. The summed E-state index contributed by atoms with van der Waals surface area (Å²) in [5.74, 6) is 0.892. The van der Waals surface area contributed by atoms with Crippen LogP contribution in [0.4, 0.5) is 0 Å². The number of fused-ring (bicyclic) bond motifs is 1. The molecular formula is C22H28N2O3. The molecule has 1 atom stereocenters. The Bertz CT molecular complexity index is 791. The number of carbonyl (C=O) groups is 1. The molecule has 144 valence electrons. The minimum absolute atomic E-state index is 0.137. The molecular weight excluding hydrogens is 340 g/mol. The van der Waals surface area contributed by atoms with Gasteiger partial charge in [-0.2, -0.15) is 0 Å². The van der Waals surface area contributed by atoms with Crippen molar-refractivity contribution in [2.75, 3.05) is 27.3 Å². The molecule has 1 aliphatic heterocycles. The van der Waals surface area contributed by atoms with Gasteiger partial charge in [-0.1, -0.05) is 37.3 Å². The number of amides is 1. The fourth-order valence-electron chi connectivity index (χ4n) is 3.73. The van der Waals surface area contributed by atoms with Gasteiger partial charge in [0.15, 0.2) is 11.5 Å². The van der Waals surface area contributed by atoms with Crippen LogP contribution in [-0.4, -0.2) is 44.2 Å². The summed E-state index contributed by atoms with van der Waals surface area (Å²) >= 11 is 0. The zero-order chi connectivity index (χ0) is 19.2. The van der Waals surface area contributed by atoms with Crippen molar-refractivity contribution >= 4 is 5.91 Å². The maximum atomic E-state index is 12.7. The molecule has 5 heteroatoms. The number of ether oxygens (including phenoxy) is 2. The molecule has 2 aromatic carbocycles. The monoisotopic (exact) mass is 368 g/mol. The van der Waals surface area contributed by atoms with Crippen molar-refractivity contribution in [2.45, 2.75) is 32.4 Å². The number of hydrogen-bond donors (Lipinski definition) is 1.